The van der Waals surface area contributed by atoms with Crippen molar-refractivity contribution in [3.63, 3.8) is 0 Å². The number of amides is 2. The zero-order valence-electron chi connectivity index (χ0n) is 13.7. The van der Waals surface area contributed by atoms with Gasteiger partial charge in [0.05, 0.1) is 19.0 Å². The lowest BCUT2D eigenvalue weighted by molar-refractivity contribution is -0.119. The minimum absolute atomic E-state index is 0.0166. The maximum Gasteiger partial charge on any atom is 0.289 e. The summed E-state index contributed by atoms with van der Waals surface area (Å²) in [5.74, 6) is -1.33. The molecule has 0 aliphatic carbocycles. The first-order valence-electron chi connectivity index (χ1n) is 7.88. The summed E-state index contributed by atoms with van der Waals surface area (Å²) in [5, 5.41) is 2.39. The number of carbonyl (C=O) groups excluding carboxylic acids is 2. The zero-order valence-corrected chi connectivity index (χ0v) is 15.4. The summed E-state index contributed by atoms with van der Waals surface area (Å²) >= 11 is 2.42. The highest BCUT2D eigenvalue weighted by atomic mass is 32.2. The zero-order chi connectivity index (χ0) is 18.4. The van der Waals surface area contributed by atoms with Crippen molar-refractivity contribution in [3.05, 3.63) is 41.2 Å². The van der Waals surface area contributed by atoms with Crippen LogP contribution in [0.3, 0.4) is 0 Å². The van der Waals surface area contributed by atoms with Crippen LogP contribution in [0.15, 0.2) is 34.5 Å². The van der Waals surface area contributed by atoms with Gasteiger partial charge in [-0.15, -0.1) is 23.1 Å². The molecule has 0 bridgehead atoms. The van der Waals surface area contributed by atoms with Crippen molar-refractivity contribution in [1.29, 1.82) is 0 Å². The molecule has 3 rings (SSSR count). The minimum Gasteiger partial charge on any atom is -0.378 e. The highest BCUT2D eigenvalue weighted by Gasteiger charge is 2.17. The number of morpholine rings is 1. The number of thioether (sulfide) groups is 1. The Labute approximate surface area is 157 Å². The Morgan fingerprint density at radius 1 is 1.27 bits per heavy atom. The van der Waals surface area contributed by atoms with Gasteiger partial charge >= 0.3 is 0 Å². The van der Waals surface area contributed by atoms with E-state index in [9.17, 15) is 14.0 Å². The number of aromatic nitrogens is 1. The molecule has 7 nitrogen and oxygen atoms in total. The smallest absolute Gasteiger partial charge is 0.289 e. The molecule has 1 saturated heterocycles. The minimum atomic E-state index is -0.495. The lowest BCUT2D eigenvalue weighted by atomic mass is 10.3. The van der Waals surface area contributed by atoms with E-state index in [-0.39, 0.29) is 17.3 Å². The van der Waals surface area contributed by atoms with E-state index in [2.05, 4.69) is 20.7 Å². The Morgan fingerprint density at radius 2 is 2.04 bits per heavy atom. The molecule has 2 aromatic rings. The van der Waals surface area contributed by atoms with Crippen molar-refractivity contribution < 1.29 is 18.7 Å². The van der Waals surface area contributed by atoms with Gasteiger partial charge in [-0.05, 0) is 12.1 Å². The highest BCUT2D eigenvalue weighted by Crippen LogP contribution is 2.22. The van der Waals surface area contributed by atoms with Crippen molar-refractivity contribution in [2.24, 2.45) is 0 Å². The molecule has 138 valence electrons. The summed E-state index contributed by atoms with van der Waals surface area (Å²) in [5.41, 5.74) is 4.86. The Balaban J connectivity index is 1.45. The van der Waals surface area contributed by atoms with Crippen LogP contribution >= 0.6 is 23.1 Å². The van der Waals surface area contributed by atoms with Crippen LogP contribution < -0.4 is 15.8 Å². The Hall–Kier alpha value is -2.17. The summed E-state index contributed by atoms with van der Waals surface area (Å²) in [4.78, 5) is 30.6. The average Bonchev–Trinajstić information content (AvgIpc) is 3.16. The van der Waals surface area contributed by atoms with Gasteiger partial charge in [0.2, 0.25) is 5.91 Å². The molecule has 2 amide bonds. The van der Waals surface area contributed by atoms with E-state index >= 15 is 0 Å². The highest BCUT2D eigenvalue weighted by molar-refractivity contribution is 8.00. The second-order valence-electron chi connectivity index (χ2n) is 5.34. The van der Waals surface area contributed by atoms with Crippen LogP contribution in [-0.4, -0.2) is 48.9 Å². The van der Waals surface area contributed by atoms with Gasteiger partial charge in [-0.25, -0.2) is 9.37 Å². The molecule has 0 atom stereocenters. The number of halogens is 1. The SMILES string of the molecule is O=C(CSc1ccccc1F)NNC(=O)c1csc(N2CCOCC2)n1. The first kappa shape index (κ1) is 18.6. The number of hydrazine groups is 1. The molecule has 0 spiro atoms. The Bertz CT molecular complexity index is 780. The first-order valence-corrected chi connectivity index (χ1v) is 9.75. The van der Waals surface area contributed by atoms with Gasteiger partial charge in [-0.2, -0.15) is 0 Å². The van der Waals surface area contributed by atoms with Gasteiger partial charge in [-0.1, -0.05) is 12.1 Å². The lowest BCUT2D eigenvalue weighted by Crippen LogP contribution is -2.42. The Kier molecular flexibility index (Phi) is 6.42. The topological polar surface area (TPSA) is 83.6 Å². The third kappa shape index (κ3) is 4.93. The standard InChI is InChI=1S/C16H17FN4O3S2/c17-11-3-1-2-4-13(11)25-10-14(22)19-20-15(23)12-9-26-16(18-12)21-5-7-24-8-6-21/h1-4,9H,5-8,10H2,(H,19,22)(H,20,23). The van der Waals surface area contributed by atoms with Crippen molar-refractivity contribution >= 4 is 40.0 Å². The predicted molar refractivity (Wildman–Crippen MR) is 97.9 cm³/mol. The molecule has 1 fully saturated rings. The van der Waals surface area contributed by atoms with E-state index in [4.69, 9.17) is 4.74 Å². The third-order valence-corrected chi connectivity index (χ3v) is 5.47. The van der Waals surface area contributed by atoms with Crippen molar-refractivity contribution in [1.82, 2.24) is 15.8 Å². The molecule has 1 aromatic heterocycles. The molecule has 2 N–H and O–H groups in total. The number of benzene rings is 1. The van der Waals surface area contributed by atoms with Crippen molar-refractivity contribution in [2.45, 2.75) is 4.90 Å². The predicted octanol–water partition coefficient (Wildman–Crippen LogP) is 1.67. The van der Waals surface area contributed by atoms with Crippen LogP contribution in [0, 0.1) is 5.82 Å². The van der Waals surface area contributed by atoms with Crippen LogP contribution in [0.5, 0.6) is 0 Å². The van der Waals surface area contributed by atoms with Crippen LogP contribution in [0.25, 0.3) is 0 Å². The number of hydrogen-bond donors (Lipinski definition) is 2. The molecular weight excluding hydrogens is 379 g/mol. The number of ether oxygens (including phenoxy) is 1. The second-order valence-corrected chi connectivity index (χ2v) is 7.19. The molecule has 2 heterocycles. The first-order chi connectivity index (χ1) is 12.6. The molecule has 1 aliphatic heterocycles. The quantitative estimate of drug-likeness (QED) is 0.591. The van der Waals surface area contributed by atoms with Crippen LogP contribution in [-0.2, 0) is 9.53 Å². The summed E-state index contributed by atoms with van der Waals surface area (Å²) < 4.78 is 18.8. The molecule has 10 heteroatoms. The fourth-order valence-electron chi connectivity index (χ4n) is 2.20. The van der Waals surface area contributed by atoms with E-state index in [0.717, 1.165) is 30.0 Å². The van der Waals surface area contributed by atoms with E-state index in [0.29, 0.717) is 18.1 Å². The van der Waals surface area contributed by atoms with E-state index in [1.807, 2.05) is 0 Å². The molecule has 1 aromatic carbocycles. The Morgan fingerprint density at radius 3 is 2.81 bits per heavy atom. The van der Waals surface area contributed by atoms with Gasteiger partial charge in [0.1, 0.15) is 11.5 Å². The number of anilines is 1. The maximum atomic E-state index is 13.5. The number of nitrogens with one attached hydrogen (secondary N) is 2. The molecule has 0 radical (unpaired) electrons. The average molecular weight is 396 g/mol. The third-order valence-electron chi connectivity index (χ3n) is 3.52. The largest absolute Gasteiger partial charge is 0.378 e. The molecule has 1 aliphatic rings. The molecule has 0 saturated carbocycles. The van der Waals surface area contributed by atoms with E-state index < -0.39 is 11.8 Å². The van der Waals surface area contributed by atoms with Gasteiger partial charge in [0.25, 0.3) is 5.91 Å². The van der Waals surface area contributed by atoms with Crippen LogP contribution in [0.4, 0.5) is 9.52 Å². The number of rotatable bonds is 5. The van der Waals surface area contributed by atoms with Crippen molar-refractivity contribution in [3.8, 4) is 0 Å². The number of nitrogens with zero attached hydrogens (tertiary/aromatic N) is 2. The van der Waals surface area contributed by atoms with Gasteiger partial charge in [0.15, 0.2) is 5.13 Å². The summed E-state index contributed by atoms with van der Waals surface area (Å²) in [6.07, 6.45) is 0. The van der Waals surface area contributed by atoms with Gasteiger partial charge in [0, 0.05) is 23.4 Å². The molecular formula is C16H17FN4O3S2. The summed E-state index contributed by atoms with van der Waals surface area (Å²) in [7, 11) is 0. The number of hydrogen-bond acceptors (Lipinski definition) is 7. The molecule has 0 unspecified atom stereocenters. The molecule has 26 heavy (non-hydrogen) atoms. The van der Waals surface area contributed by atoms with Crippen molar-refractivity contribution in [2.75, 3.05) is 37.0 Å². The lowest BCUT2D eigenvalue weighted by Gasteiger charge is -2.25. The normalized spacial score (nSPS) is 14.1. The maximum absolute atomic E-state index is 13.5. The monoisotopic (exact) mass is 396 g/mol. The summed E-state index contributed by atoms with van der Waals surface area (Å²) in [6.45, 7) is 2.74. The van der Waals surface area contributed by atoms with Crippen LogP contribution in [0.1, 0.15) is 10.5 Å². The number of carbonyl (C=O) groups is 2. The number of thiazole rings is 1. The van der Waals surface area contributed by atoms with E-state index in [1.54, 1.807) is 23.6 Å². The summed E-state index contributed by atoms with van der Waals surface area (Å²) in [6, 6.07) is 6.20. The van der Waals surface area contributed by atoms with Crippen LogP contribution in [0.2, 0.25) is 0 Å². The second kappa shape index (κ2) is 8.97. The van der Waals surface area contributed by atoms with Gasteiger partial charge in [-0.3, -0.25) is 20.4 Å². The van der Waals surface area contributed by atoms with E-state index in [1.165, 1.54) is 17.4 Å². The van der Waals surface area contributed by atoms with Gasteiger partial charge < -0.3 is 9.64 Å². The fraction of sp³-hybridized carbons (Fsp3) is 0.312. The fourth-order valence-corrected chi connectivity index (χ4v) is 3.80.